The summed E-state index contributed by atoms with van der Waals surface area (Å²) in [6.45, 7) is 3.89. The van der Waals surface area contributed by atoms with Crippen LogP contribution in [0.5, 0.6) is 11.5 Å². The molecule has 1 aliphatic carbocycles. The zero-order valence-corrected chi connectivity index (χ0v) is 16.7. The fourth-order valence-electron chi connectivity index (χ4n) is 3.68. The van der Waals surface area contributed by atoms with Crippen LogP contribution in [0.25, 0.3) is 11.1 Å². The van der Waals surface area contributed by atoms with Gasteiger partial charge in [0, 0.05) is 5.56 Å². The molecule has 0 spiro atoms. The standard InChI is InChI=1S/C24H24N2O3/c1-15(2)29-21-13-12-16(14-22(21)28-3)24(27)26-25-23-19-10-6-4-8-17(19)18-9-5-7-11-20(18)23/h4-15,23,25H,1-3H3,(H,26,27). The second-order valence-corrected chi connectivity index (χ2v) is 7.24. The highest BCUT2D eigenvalue weighted by atomic mass is 16.5. The Morgan fingerprint density at radius 1 is 0.897 bits per heavy atom. The molecule has 0 radical (unpaired) electrons. The zero-order valence-electron chi connectivity index (χ0n) is 16.7. The lowest BCUT2D eigenvalue weighted by molar-refractivity contribution is 0.0928. The van der Waals surface area contributed by atoms with E-state index in [9.17, 15) is 4.79 Å². The largest absolute Gasteiger partial charge is 0.493 e. The van der Waals surface area contributed by atoms with Crippen molar-refractivity contribution < 1.29 is 14.3 Å². The van der Waals surface area contributed by atoms with Gasteiger partial charge < -0.3 is 9.47 Å². The summed E-state index contributed by atoms with van der Waals surface area (Å²) in [6, 6.07) is 21.5. The number of methoxy groups -OCH3 is 1. The van der Waals surface area contributed by atoms with Gasteiger partial charge in [0.2, 0.25) is 0 Å². The Labute approximate surface area is 170 Å². The molecule has 0 saturated carbocycles. The number of benzene rings is 3. The molecule has 4 rings (SSSR count). The van der Waals surface area contributed by atoms with E-state index in [2.05, 4.69) is 35.1 Å². The smallest absolute Gasteiger partial charge is 0.265 e. The molecular weight excluding hydrogens is 364 g/mol. The van der Waals surface area contributed by atoms with Gasteiger partial charge in [0.15, 0.2) is 11.5 Å². The van der Waals surface area contributed by atoms with Crippen molar-refractivity contribution in [3.63, 3.8) is 0 Å². The van der Waals surface area contributed by atoms with Gasteiger partial charge in [-0.15, -0.1) is 0 Å². The highest BCUT2D eigenvalue weighted by Crippen LogP contribution is 2.42. The van der Waals surface area contributed by atoms with Crippen molar-refractivity contribution in [1.82, 2.24) is 10.9 Å². The highest BCUT2D eigenvalue weighted by Gasteiger charge is 2.28. The quantitative estimate of drug-likeness (QED) is 0.611. The number of hydrogen-bond donors (Lipinski definition) is 2. The van der Waals surface area contributed by atoms with Crippen LogP contribution in [-0.4, -0.2) is 19.1 Å². The molecule has 3 aromatic rings. The molecule has 148 valence electrons. The van der Waals surface area contributed by atoms with E-state index < -0.39 is 0 Å². The molecule has 0 aliphatic heterocycles. The molecule has 1 aliphatic rings. The topological polar surface area (TPSA) is 59.6 Å². The van der Waals surface area contributed by atoms with Crippen LogP contribution in [0.4, 0.5) is 0 Å². The molecule has 3 aromatic carbocycles. The summed E-state index contributed by atoms with van der Waals surface area (Å²) in [7, 11) is 1.56. The lowest BCUT2D eigenvalue weighted by Crippen LogP contribution is -2.39. The van der Waals surface area contributed by atoms with E-state index >= 15 is 0 Å². The molecule has 0 atom stereocenters. The van der Waals surface area contributed by atoms with Gasteiger partial charge in [0.1, 0.15) is 0 Å². The van der Waals surface area contributed by atoms with Gasteiger partial charge in [-0.3, -0.25) is 10.2 Å². The second-order valence-electron chi connectivity index (χ2n) is 7.24. The average molecular weight is 388 g/mol. The molecular formula is C24H24N2O3. The molecule has 0 aromatic heterocycles. The van der Waals surface area contributed by atoms with Gasteiger partial charge in [-0.25, -0.2) is 5.43 Å². The Hall–Kier alpha value is -3.31. The normalized spacial score (nSPS) is 12.4. The summed E-state index contributed by atoms with van der Waals surface area (Å²) >= 11 is 0. The van der Waals surface area contributed by atoms with E-state index in [0.29, 0.717) is 17.1 Å². The summed E-state index contributed by atoms with van der Waals surface area (Å²) in [5.41, 5.74) is 11.2. The van der Waals surface area contributed by atoms with E-state index in [1.807, 2.05) is 38.1 Å². The predicted molar refractivity (Wildman–Crippen MR) is 113 cm³/mol. The van der Waals surface area contributed by atoms with Gasteiger partial charge in [-0.05, 0) is 54.3 Å². The Morgan fingerprint density at radius 3 is 2.10 bits per heavy atom. The minimum Gasteiger partial charge on any atom is -0.493 e. The number of amides is 1. The summed E-state index contributed by atoms with van der Waals surface area (Å²) in [6.07, 6.45) is 0.0211. The molecule has 0 saturated heterocycles. The monoisotopic (exact) mass is 388 g/mol. The lowest BCUT2D eigenvalue weighted by atomic mass is 10.1. The Morgan fingerprint density at radius 2 is 1.52 bits per heavy atom. The van der Waals surface area contributed by atoms with Crippen molar-refractivity contribution in [2.45, 2.75) is 26.0 Å². The van der Waals surface area contributed by atoms with Crippen LogP contribution < -0.4 is 20.3 Å². The number of hydrazine groups is 1. The number of carbonyl (C=O) groups excluding carboxylic acids is 1. The highest BCUT2D eigenvalue weighted by molar-refractivity contribution is 5.94. The van der Waals surface area contributed by atoms with Crippen molar-refractivity contribution in [3.05, 3.63) is 83.4 Å². The van der Waals surface area contributed by atoms with Crippen molar-refractivity contribution in [1.29, 1.82) is 0 Å². The van der Waals surface area contributed by atoms with Crippen LogP contribution in [-0.2, 0) is 0 Å². The van der Waals surface area contributed by atoms with Crippen LogP contribution in [0.1, 0.15) is 41.4 Å². The van der Waals surface area contributed by atoms with Gasteiger partial charge in [-0.1, -0.05) is 48.5 Å². The zero-order chi connectivity index (χ0) is 20.4. The first-order valence-electron chi connectivity index (χ1n) is 9.67. The Kier molecular flexibility index (Phi) is 5.23. The molecule has 0 unspecified atom stereocenters. The van der Waals surface area contributed by atoms with E-state index in [1.54, 1.807) is 25.3 Å². The van der Waals surface area contributed by atoms with Crippen molar-refractivity contribution in [2.24, 2.45) is 0 Å². The molecule has 5 heteroatoms. The number of carbonyl (C=O) groups is 1. The summed E-state index contributed by atoms with van der Waals surface area (Å²) in [5, 5.41) is 0. The molecule has 29 heavy (non-hydrogen) atoms. The van der Waals surface area contributed by atoms with Crippen molar-refractivity contribution in [2.75, 3.05) is 7.11 Å². The number of ether oxygens (including phenoxy) is 2. The molecule has 0 fully saturated rings. The first-order valence-corrected chi connectivity index (χ1v) is 9.67. The van der Waals surface area contributed by atoms with Gasteiger partial charge in [0.05, 0.1) is 19.3 Å². The molecule has 0 bridgehead atoms. The number of hydrogen-bond acceptors (Lipinski definition) is 4. The predicted octanol–water partition coefficient (Wildman–Crippen LogP) is 4.49. The number of fused-ring (bicyclic) bond motifs is 3. The maximum atomic E-state index is 12.8. The van der Waals surface area contributed by atoms with Crippen LogP contribution in [0.15, 0.2) is 66.7 Å². The van der Waals surface area contributed by atoms with E-state index in [4.69, 9.17) is 9.47 Å². The third-order valence-corrected chi connectivity index (χ3v) is 4.95. The van der Waals surface area contributed by atoms with Crippen molar-refractivity contribution >= 4 is 5.91 Å². The SMILES string of the molecule is COc1cc(C(=O)NNC2c3ccccc3-c3ccccc32)ccc1OC(C)C. The van der Waals surface area contributed by atoms with Crippen molar-refractivity contribution in [3.8, 4) is 22.6 Å². The van der Waals surface area contributed by atoms with Crippen LogP contribution >= 0.6 is 0 Å². The van der Waals surface area contributed by atoms with E-state index in [0.717, 1.165) is 11.1 Å². The van der Waals surface area contributed by atoms with Crippen LogP contribution in [0.3, 0.4) is 0 Å². The fraction of sp³-hybridized carbons (Fsp3) is 0.208. The molecule has 2 N–H and O–H groups in total. The van der Waals surface area contributed by atoms with Gasteiger partial charge >= 0.3 is 0 Å². The summed E-state index contributed by atoms with van der Waals surface area (Å²) < 4.78 is 11.1. The van der Waals surface area contributed by atoms with Gasteiger partial charge in [0.25, 0.3) is 5.91 Å². The fourth-order valence-corrected chi connectivity index (χ4v) is 3.68. The Bertz CT molecular complexity index is 1000. The number of rotatable bonds is 6. The maximum absolute atomic E-state index is 12.8. The first-order chi connectivity index (χ1) is 14.1. The third-order valence-electron chi connectivity index (χ3n) is 4.95. The minimum absolute atomic E-state index is 0.0211. The number of nitrogens with one attached hydrogen (secondary N) is 2. The average Bonchev–Trinajstić information content (AvgIpc) is 3.06. The third kappa shape index (κ3) is 3.69. The Balaban J connectivity index is 1.53. The first kappa shape index (κ1) is 19.0. The summed E-state index contributed by atoms with van der Waals surface area (Å²) in [5.74, 6) is 0.912. The molecule has 1 amide bonds. The van der Waals surface area contributed by atoms with Gasteiger partial charge in [-0.2, -0.15) is 0 Å². The second kappa shape index (κ2) is 7.97. The summed E-state index contributed by atoms with van der Waals surface area (Å²) in [4.78, 5) is 12.8. The molecule has 0 heterocycles. The van der Waals surface area contributed by atoms with E-state index in [1.165, 1.54) is 11.1 Å². The van der Waals surface area contributed by atoms with Crippen LogP contribution in [0, 0.1) is 0 Å². The van der Waals surface area contributed by atoms with Crippen LogP contribution in [0.2, 0.25) is 0 Å². The molecule has 5 nitrogen and oxygen atoms in total. The van der Waals surface area contributed by atoms with E-state index in [-0.39, 0.29) is 18.1 Å². The lowest BCUT2D eigenvalue weighted by Gasteiger charge is -2.18. The minimum atomic E-state index is -0.235. The maximum Gasteiger partial charge on any atom is 0.265 e.